The molecule has 1 amide bonds. The molecule has 3 rings (SSSR count). The Hall–Kier alpha value is -2.70. The molecule has 0 aromatic heterocycles. The molecule has 0 bridgehead atoms. The van der Waals surface area contributed by atoms with Crippen LogP contribution >= 0.6 is 0 Å². The van der Waals surface area contributed by atoms with Crippen LogP contribution in [-0.2, 0) is 4.79 Å². The average Bonchev–Trinajstić information content (AvgIpc) is 2.86. The highest BCUT2D eigenvalue weighted by Crippen LogP contribution is 2.27. The lowest BCUT2D eigenvalue weighted by Crippen LogP contribution is -2.26. The Morgan fingerprint density at radius 3 is 2.65 bits per heavy atom. The number of rotatable bonds is 2. The summed E-state index contributed by atoms with van der Waals surface area (Å²) in [7, 11) is 1.57. The lowest BCUT2D eigenvalue weighted by Gasteiger charge is -2.14. The molecule has 0 saturated heterocycles. The Bertz CT molecular complexity index is 743. The monoisotopic (exact) mass is 269 g/mol. The highest BCUT2D eigenvalue weighted by molar-refractivity contribution is 6.69. The number of nitrogens with zero attached hydrogens (tertiary/aromatic N) is 5. The molecule has 0 radical (unpaired) electrons. The van der Waals surface area contributed by atoms with Gasteiger partial charge >= 0.3 is 5.91 Å². The predicted octanol–water partition coefficient (Wildman–Crippen LogP) is 1.82. The van der Waals surface area contributed by atoms with Crippen molar-refractivity contribution in [1.29, 1.82) is 0 Å². The summed E-state index contributed by atoms with van der Waals surface area (Å²) in [5, 5.41) is 10.8. The molecule has 0 N–H and O–H groups in total. The van der Waals surface area contributed by atoms with Crippen LogP contribution in [0.4, 0.5) is 0 Å². The number of aryl methyl sites for hydroxylation is 2. The molecule has 0 atom stereocenters. The molecule has 0 aliphatic carbocycles. The highest BCUT2D eigenvalue weighted by atomic mass is 16.5. The zero-order valence-electron chi connectivity index (χ0n) is 11.2. The Labute approximate surface area is 114 Å². The summed E-state index contributed by atoms with van der Waals surface area (Å²) in [6, 6.07) is 3.86. The third-order valence-corrected chi connectivity index (χ3v) is 2.98. The van der Waals surface area contributed by atoms with E-state index in [1.54, 1.807) is 7.11 Å². The molecule has 2 heterocycles. The van der Waals surface area contributed by atoms with E-state index in [4.69, 9.17) is 4.74 Å². The van der Waals surface area contributed by atoms with Crippen LogP contribution < -0.4 is 4.74 Å². The maximum atomic E-state index is 11.9. The summed E-state index contributed by atoms with van der Waals surface area (Å²) in [4.78, 5) is 20.0. The third kappa shape index (κ3) is 1.83. The maximum absolute atomic E-state index is 11.9. The van der Waals surface area contributed by atoms with Crippen molar-refractivity contribution in [3.8, 4) is 5.75 Å². The zero-order chi connectivity index (χ0) is 14.3. The van der Waals surface area contributed by atoms with E-state index >= 15 is 0 Å². The molecule has 1 aromatic carbocycles. The SMILES string of the molecule is COc1c(C)cc(C)cc1C1=NC(=O)C2=NN=NC2=N1. The van der Waals surface area contributed by atoms with Crippen molar-refractivity contribution < 1.29 is 9.53 Å². The molecule has 2 aliphatic heterocycles. The second-order valence-electron chi connectivity index (χ2n) is 4.48. The third-order valence-electron chi connectivity index (χ3n) is 2.98. The van der Waals surface area contributed by atoms with Crippen molar-refractivity contribution >= 4 is 23.3 Å². The molecule has 7 nitrogen and oxygen atoms in total. The summed E-state index contributed by atoms with van der Waals surface area (Å²) >= 11 is 0. The minimum absolute atomic E-state index is 0.0806. The van der Waals surface area contributed by atoms with Crippen molar-refractivity contribution in [3.05, 3.63) is 28.8 Å². The molecule has 0 unspecified atom stereocenters. The summed E-state index contributed by atoms with van der Waals surface area (Å²) in [5.74, 6) is 0.618. The molecule has 0 spiro atoms. The topological polar surface area (TPSA) is 88.1 Å². The Balaban J connectivity index is 2.17. The van der Waals surface area contributed by atoms with Gasteiger partial charge in [-0.15, -0.1) is 10.2 Å². The smallest absolute Gasteiger partial charge is 0.303 e. The normalized spacial score (nSPS) is 16.6. The van der Waals surface area contributed by atoms with Crippen molar-refractivity contribution in [1.82, 2.24) is 0 Å². The first-order valence-electron chi connectivity index (χ1n) is 5.96. The molecular formula is C13H11N5O2. The number of amidine groups is 2. The Morgan fingerprint density at radius 1 is 1.10 bits per heavy atom. The van der Waals surface area contributed by atoms with E-state index in [2.05, 4.69) is 25.4 Å². The number of aliphatic imine (C=N–C) groups is 2. The zero-order valence-corrected chi connectivity index (χ0v) is 11.2. The number of fused-ring (bicyclic) bond motifs is 1. The van der Waals surface area contributed by atoms with Crippen LogP contribution in [0.25, 0.3) is 0 Å². The van der Waals surface area contributed by atoms with E-state index in [-0.39, 0.29) is 17.4 Å². The van der Waals surface area contributed by atoms with Gasteiger partial charge in [0.25, 0.3) is 0 Å². The number of benzene rings is 1. The quantitative estimate of drug-likeness (QED) is 0.819. The number of methoxy groups -OCH3 is 1. The van der Waals surface area contributed by atoms with Crippen molar-refractivity contribution in [3.63, 3.8) is 0 Å². The van der Waals surface area contributed by atoms with E-state index in [9.17, 15) is 4.79 Å². The van der Waals surface area contributed by atoms with Crippen LogP contribution in [0.5, 0.6) is 5.75 Å². The summed E-state index contributed by atoms with van der Waals surface area (Å²) < 4.78 is 5.39. The molecule has 0 fully saturated rings. The van der Waals surface area contributed by atoms with Crippen LogP contribution in [0.3, 0.4) is 0 Å². The molecule has 1 aromatic rings. The highest BCUT2D eigenvalue weighted by Gasteiger charge is 2.29. The van der Waals surface area contributed by atoms with Gasteiger partial charge in [0.1, 0.15) is 5.75 Å². The first-order valence-corrected chi connectivity index (χ1v) is 5.96. The van der Waals surface area contributed by atoms with Crippen LogP contribution in [0.2, 0.25) is 0 Å². The van der Waals surface area contributed by atoms with Gasteiger partial charge in [0.2, 0.25) is 11.5 Å². The standard InChI is InChI=1S/C13H11N5O2/c1-6-4-7(2)10(20-3)8(5-6)11-14-12-9(13(19)15-11)16-18-17-12/h4-5H,1-3H3. The number of hydrogen-bond donors (Lipinski definition) is 0. The van der Waals surface area contributed by atoms with Gasteiger partial charge in [-0.3, -0.25) is 4.79 Å². The number of hydrogen-bond acceptors (Lipinski definition) is 6. The van der Waals surface area contributed by atoms with E-state index in [0.717, 1.165) is 11.1 Å². The second-order valence-corrected chi connectivity index (χ2v) is 4.48. The summed E-state index contributed by atoms with van der Waals surface area (Å²) in [6.07, 6.45) is 0. The molecule has 100 valence electrons. The largest absolute Gasteiger partial charge is 0.496 e. The van der Waals surface area contributed by atoms with Gasteiger partial charge < -0.3 is 4.74 Å². The van der Waals surface area contributed by atoms with E-state index in [1.807, 2.05) is 26.0 Å². The van der Waals surface area contributed by atoms with Crippen molar-refractivity contribution in [2.75, 3.05) is 7.11 Å². The van der Waals surface area contributed by atoms with Crippen LogP contribution in [0, 0.1) is 13.8 Å². The van der Waals surface area contributed by atoms with Gasteiger partial charge in [0.05, 0.1) is 12.7 Å². The number of carbonyl (C=O) groups excluding carboxylic acids is 1. The van der Waals surface area contributed by atoms with E-state index in [0.29, 0.717) is 11.3 Å². The minimum atomic E-state index is -0.490. The van der Waals surface area contributed by atoms with Gasteiger partial charge in [-0.2, -0.15) is 4.99 Å². The van der Waals surface area contributed by atoms with Gasteiger partial charge in [0, 0.05) is 0 Å². The van der Waals surface area contributed by atoms with Crippen molar-refractivity contribution in [2.24, 2.45) is 25.4 Å². The fourth-order valence-electron chi connectivity index (χ4n) is 2.20. The predicted molar refractivity (Wildman–Crippen MR) is 73.7 cm³/mol. The van der Waals surface area contributed by atoms with Gasteiger partial charge in [0.15, 0.2) is 5.84 Å². The molecule has 7 heteroatoms. The minimum Gasteiger partial charge on any atom is -0.496 e. The fourth-order valence-corrected chi connectivity index (χ4v) is 2.20. The molecular weight excluding hydrogens is 258 g/mol. The van der Waals surface area contributed by atoms with E-state index in [1.165, 1.54) is 0 Å². The van der Waals surface area contributed by atoms with Crippen molar-refractivity contribution in [2.45, 2.75) is 13.8 Å². The first kappa shape index (κ1) is 12.3. The number of ether oxygens (including phenoxy) is 1. The molecule has 20 heavy (non-hydrogen) atoms. The van der Waals surface area contributed by atoms with Crippen LogP contribution in [-0.4, -0.2) is 30.4 Å². The second kappa shape index (κ2) is 4.44. The first-order chi connectivity index (χ1) is 9.60. The molecule has 2 aliphatic rings. The number of amides is 1. The lowest BCUT2D eigenvalue weighted by atomic mass is 10.0. The summed E-state index contributed by atoms with van der Waals surface area (Å²) in [6.45, 7) is 3.88. The van der Waals surface area contributed by atoms with Gasteiger partial charge in [-0.1, -0.05) is 6.07 Å². The Morgan fingerprint density at radius 2 is 1.90 bits per heavy atom. The van der Waals surface area contributed by atoms with Gasteiger partial charge in [-0.05, 0) is 36.3 Å². The summed E-state index contributed by atoms with van der Waals surface area (Å²) in [5.41, 5.74) is 2.72. The van der Waals surface area contributed by atoms with Crippen LogP contribution in [0.15, 0.2) is 37.6 Å². The lowest BCUT2D eigenvalue weighted by molar-refractivity contribution is -0.111. The average molecular weight is 269 g/mol. The van der Waals surface area contributed by atoms with Gasteiger partial charge in [-0.25, -0.2) is 4.99 Å². The number of carbonyl (C=O) groups is 1. The Kier molecular flexibility index (Phi) is 2.74. The molecule has 0 saturated carbocycles. The fraction of sp³-hybridized carbons (Fsp3) is 0.231. The maximum Gasteiger partial charge on any atom is 0.303 e. The van der Waals surface area contributed by atoms with E-state index < -0.39 is 5.91 Å². The van der Waals surface area contributed by atoms with Crippen LogP contribution in [0.1, 0.15) is 16.7 Å².